The maximum Gasteiger partial charge on any atom is 0.270 e. The molecule has 1 amide bonds. The van der Waals surface area contributed by atoms with Gasteiger partial charge in [-0.15, -0.1) is 22.7 Å². The first-order valence-corrected chi connectivity index (χ1v) is 12.9. The monoisotopic (exact) mass is 483 g/mol. The highest BCUT2D eigenvalue weighted by Crippen LogP contribution is 2.38. The molecule has 9 heteroatoms. The molecule has 2 unspecified atom stereocenters. The number of β-amino-alcohol motifs (C(OH)–C–C–N with tert-alkyl or cyclic N) is 1. The molecule has 1 fully saturated rings. The smallest absolute Gasteiger partial charge is 0.270 e. The van der Waals surface area contributed by atoms with E-state index in [0.717, 1.165) is 32.4 Å². The molecule has 0 spiro atoms. The first kappa shape index (κ1) is 22.2. The highest BCUT2D eigenvalue weighted by Gasteiger charge is 2.35. The van der Waals surface area contributed by atoms with Crippen molar-refractivity contribution in [2.24, 2.45) is 0 Å². The summed E-state index contributed by atoms with van der Waals surface area (Å²) in [4.78, 5) is 35.3. The number of likely N-dealkylation sites (tertiary alicyclic amines) is 1. The standard InChI is InChI=1S/C24H25N3O4S2/c28-16-6-3-10-26(14-16)11-5-12-27(23(30)20-9-4-13-32-20)24-25-18(15-33-24)22-21(29)17-7-1-2-8-19(17)31-22/h1-2,4,7-9,13,15-16,22,28H,3,5-6,10-12,14H2. The van der Waals surface area contributed by atoms with Crippen LogP contribution >= 0.6 is 22.7 Å². The third-order valence-corrected chi connectivity index (χ3v) is 7.70. The maximum absolute atomic E-state index is 13.3. The third-order valence-electron chi connectivity index (χ3n) is 5.96. The van der Waals surface area contributed by atoms with Gasteiger partial charge in [-0.3, -0.25) is 14.5 Å². The number of thiophene rings is 1. The van der Waals surface area contributed by atoms with Gasteiger partial charge in [0, 0.05) is 18.5 Å². The van der Waals surface area contributed by atoms with Gasteiger partial charge < -0.3 is 14.7 Å². The molecule has 0 saturated carbocycles. The lowest BCUT2D eigenvalue weighted by atomic mass is 10.1. The number of fused-ring (bicyclic) bond motifs is 1. The van der Waals surface area contributed by atoms with E-state index < -0.39 is 6.10 Å². The van der Waals surface area contributed by atoms with Gasteiger partial charge in [0.1, 0.15) is 11.4 Å². The van der Waals surface area contributed by atoms with Gasteiger partial charge in [0.05, 0.1) is 16.5 Å². The number of para-hydroxylation sites is 1. The van der Waals surface area contributed by atoms with Crippen molar-refractivity contribution in [3.8, 4) is 5.75 Å². The van der Waals surface area contributed by atoms with E-state index in [1.54, 1.807) is 22.4 Å². The number of amides is 1. The molecule has 1 saturated heterocycles. The van der Waals surface area contributed by atoms with E-state index >= 15 is 0 Å². The molecule has 1 N–H and O–H groups in total. The highest BCUT2D eigenvalue weighted by atomic mass is 32.1. The summed E-state index contributed by atoms with van der Waals surface area (Å²) >= 11 is 2.75. The van der Waals surface area contributed by atoms with E-state index in [2.05, 4.69) is 9.88 Å². The van der Waals surface area contributed by atoms with Gasteiger partial charge >= 0.3 is 0 Å². The Kier molecular flexibility index (Phi) is 6.55. The molecule has 7 nitrogen and oxygen atoms in total. The Morgan fingerprint density at radius 3 is 2.91 bits per heavy atom. The predicted octanol–water partition coefficient (Wildman–Crippen LogP) is 4.01. The molecule has 0 aliphatic carbocycles. The van der Waals surface area contributed by atoms with Gasteiger partial charge in [0.15, 0.2) is 5.13 Å². The summed E-state index contributed by atoms with van der Waals surface area (Å²) in [5.41, 5.74) is 1.09. The number of ketones is 1. The molecule has 4 heterocycles. The Morgan fingerprint density at radius 2 is 2.12 bits per heavy atom. The van der Waals surface area contributed by atoms with Crippen molar-refractivity contribution in [3.05, 3.63) is 63.3 Å². The molecular weight excluding hydrogens is 458 g/mol. The minimum atomic E-state index is -0.777. The van der Waals surface area contributed by atoms with Crippen molar-refractivity contribution < 1.29 is 19.4 Å². The van der Waals surface area contributed by atoms with Crippen LogP contribution in [0.5, 0.6) is 5.75 Å². The lowest BCUT2D eigenvalue weighted by molar-refractivity contribution is 0.0701. The van der Waals surface area contributed by atoms with Crippen LogP contribution in [0.15, 0.2) is 47.2 Å². The zero-order chi connectivity index (χ0) is 22.8. The van der Waals surface area contributed by atoms with Crippen LogP contribution in [-0.2, 0) is 0 Å². The fourth-order valence-electron chi connectivity index (χ4n) is 4.31. The van der Waals surface area contributed by atoms with Gasteiger partial charge in [-0.25, -0.2) is 4.98 Å². The molecule has 33 heavy (non-hydrogen) atoms. The summed E-state index contributed by atoms with van der Waals surface area (Å²) in [7, 11) is 0. The third kappa shape index (κ3) is 4.72. The number of carbonyl (C=O) groups excluding carboxylic acids is 2. The average Bonchev–Trinajstić information content (AvgIpc) is 3.57. The molecule has 5 rings (SSSR count). The van der Waals surface area contributed by atoms with Crippen molar-refractivity contribution in [3.63, 3.8) is 0 Å². The number of nitrogens with zero attached hydrogens (tertiary/aromatic N) is 3. The summed E-state index contributed by atoms with van der Waals surface area (Å²) in [6, 6.07) is 10.9. The lowest BCUT2D eigenvalue weighted by Crippen LogP contribution is -2.40. The van der Waals surface area contributed by atoms with Gasteiger partial charge in [-0.2, -0.15) is 0 Å². The average molecular weight is 484 g/mol. The number of thiazole rings is 1. The fourth-order valence-corrected chi connectivity index (χ4v) is 5.85. The number of Topliss-reactive ketones (excluding diaryl/α,β-unsaturated/α-hetero) is 1. The van der Waals surface area contributed by atoms with Gasteiger partial charge in [0.25, 0.3) is 5.91 Å². The number of benzene rings is 1. The topological polar surface area (TPSA) is 83.0 Å². The molecule has 3 aromatic rings. The molecule has 1 aromatic carbocycles. The summed E-state index contributed by atoms with van der Waals surface area (Å²) in [6.45, 7) is 2.97. The van der Waals surface area contributed by atoms with Crippen molar-refractivity contribution in [1.29, 1.82) is 0 Å². The molecule has 172 valence electrons. The summed E-state index contributed by atoms with van der Waals surface area (Å²) in [5, 5.41) is 14.2. The van der Waals surface area contributed by atoms with Gasteiger partial charge in [-0.1, -0.05) is 18.2 Å². The van der Waals surface area contributed by atoms with Crippen LogP contribution in [0.2, 0.25) is 0 Å². The normalized spacial score (nSPS) is 20.5. The second-order valence-electron chi connectivity index (χ2n) is 8.30. The Hall–Kier alpha value is -2.59. The molecule has 0 radical (unpaired) electrons. The van der Waals surface area contributed by atoms with E-state index in [9.17, 15) is 14.7 Å². The van der Waals surface area contributed by atoms with Crippen LogP contribution in [-0.4, -0.2) is 59.0 Å². The number of carbonyl (C=O) groups is 2. The number of aromatic nitrogens is 1. The molecule has 2 atom stereocenters. The van der Waals surface area contributed by atoms with Crippen LogP contribution in [0.1, 0.15) is 51.1 Å². The van der Waals surface area contributed by atoms with Crippen LogP contribution in [0.3, 0.4) is 0 Å². The second-order valence-corrected chi connectivity index (χ2v) is 10.1. The van der Waals surface area contributed by atoms with Crippen molar-refractivity contribution in [2.75, 3.05) is 31.1 Å². The zero-order valence-corrected chi connectivity index (χ0v) is 19.7. The molecule has 2 aliphatic rings. The number of anilines is 1. The maximum atomic E-state index is 13.3. The van der Waals surface area contributed by atoms with E-state index in [1.165, 1.54) is 22.7 Å². The Bertz CT molecular complexity index is 1130. The van der Waals surface area contributed by atoms with E-state index in [4.69, 9.17) is 4.74 Å². The van der Waals surface area contributed by atoms with Crippen LogP contribution < -0.4 is 9.64 Å². The minimum absolute atomic E-state index is 0.0912. The largest absolute Gasteiger partial charge is 0.475 e. The molecule has 0 bridgehead atoms. The summed E-state index contributed by atoms with van der Waals surface area (Å²) < 4.78 is 5.86. The molecule has 2 aliphatic heterocycles. The second kappa shape index (κ2) is 9.72. The summed E-state index contributed by atoms with van der Waals surface area (Å²) in [6.07, 6.45) is 1.57. The van der Waals surface area contributed by atoms with Crippen LogP contribution in [0.4, 0.5) is 5.13 Å². The number of piperidine rings is 1. The molecular formula is C24H25N3O4S2. The van der Waals surface area contributed by atoms with Crippen molar-refractivity contribution in [2.45, 2.75) is 31.5 Å². The van der Waals surface area contributed by atoms with E-state index in [1.807, 2.05) is 29.6 Å². The quantitative estimate of drug-likeness (QED) is 0.547. The highest BCUT2D eigenvalue weighted by molar-refractivity contribution is 7.14. The first-order valence-electron chi connectivity index (χ1n) is 11.1. The first-order chi connectivity index (χ1) is 16.1. The number of aliphatic hydroxyl groups is 1. The Balaban J connectivity index is 1.32. The fraction of sp³-hybridized carbons (Fsp3) is 0.375. The number of rotatable bonds is 7. The Labute approximate surface area is 200 Å². The predicted molar refractivity (Wildman–Crippen MR) is 129 cm³/mol. The SMILES string of the molecule is O=C1c2ccccc2OC1c1csc(N(CCCN2CCCC(O)C2)C(=O)c2cccs2)n1. The van der Waals surface area contributed by atoms with Crippen molar-refractivity contribution >= 4 is 39.5 Å². The lowest BCUT2D eigenvalue weighted by Gasteiger charge is -2.30. The van der Waals surface area contributed by atoms with Crippen LogP contribution in [0, 0.1) is 0 Å². The number of ether oxygens (including phenoxy) is 1. The van der Waals surface area contributed by atoms with Gasteiger partial charge in [-0.05, 0) is 55.9 Å². The van der Waals surface area contributed by atoms with Crippen molar-refractivity contribution in [1.82, 2.24) is 9.88 Å². The minimum Gasteiger partial charge on any atom is -0.475 e. The molecule has 2 aromatic heterocycles. The Morgan fingerprint density at radius 1 is 1.24 bits per heavy atom. The van der Waals surface area contributed by atoms with E-state index in [0.29, 0.717) is 40.1 Å². The zero-order valence-electron chi connectivity index (χ0n) is 18.1. The number of aliphatic hydroxyl groups excluding tert-OH is 1. The van der Waals surface area contributed by atoms with E-state index in [-0.39, 0.29) is 17.8 Å². The van der Waals surface area contributed by atoms with Crippen LogP contribution in [0.25, 0.3) is 0 Å². The van der Waals surface area contributed by atoms with Gasteiger partial charge in [0.2, 0.25) is 11.9 Å². The number of hydrogen-bond acceptors (Lipinski definition) is 8. The number of hydrogen-bond donors (Lipinski definition) is 1. The summed E-state index contributed by atoms with van der Waals surface area (Å²) in [5.74, 6) is 0.367.